The van der Waals surface area contributed by atoms with Gasteiger partial charge in [-0.15, -0.1) is 0 Å². The van der Waals surface area contributed by atoms with Crippen molar-refractivity contribution in [3.05, 3.63) is 32.8 Å². The van der Waals surface area contributed by atoms with E-state index in [1.165, 1.54) is 0 Å². The van der Waals surface area contributed by atoms with E-state index in [1.807, 2.05) is 13.0 Å². The fraction of sp³-hybridized carbons (Fsp3) is 0.529. The summed E-state index contributed by atoms with van der Waals surface area (Å²) in [5, 5.41) is 0.482. The van der Waals surface area contributed by atoms with Crippen LogP contribution in [0.3, 0.4) is 0 Å². The molecule has 1 atom stereocenters. The van der Waals surface area contributed by atoms with E-state index in [-0.39, 0.29) is 11.9 Å². The molecular formula is C17H18BrClO4. The zero-order chi connectivity index (χ0) is 16.8. The number of esters is 1. The molecule has 0 amide bonds. The normalized spacial score (nSPS) is 30.8. The molecule has 4 nitrogen and oxygen atoms in total. The third kappa shape index (κ3) is 2.83. The first-order valence-electron chi connectivity index (χ1n) is 7.63. The number of benzene rings is 1. The van der Waals surface area contributed by atoms with Crippen LogP contribution in [0.5, 0.6) is 0 Å². The average molecular weight is 402 g/mol. The smallest absolute Gasteiger partial charge is 0.322 e. The number of halogens is 2. The van der Waals surface area contributed by atoms with Gasteiger partial charge in [0, 0.05) is 11.6 Å². The highest BCUT2D eigenvalue weighted by molar-refractivity contribution is 9.10. The third-order valence-corrected chi connectivity index (χ3v) is 6.13. The van der Waals surface area contributed by atoms with Crippen molar-refractivity contribution in [3.8, 4) is 0 Å². The van der Waals surface area contributed by atoms with E-state index >= 15 is 0 Å². The van der Waals surface area contributed by atoms with Gasteiger partial charge in [-0.05, 0) is 71.8 Å². The van der Waals surface area contributed by atoms with E-state index in [2.05, 4.69) is 15.9 Å². The number of carbonyl (C=O) groups is 2. The molecule has 1 spiro atoms. The number of carbonyl (C=O) groups excluding carboxylic acids is 2. The number of hydrogen-bond acceptors (Lipinski definition) is 4. The average Bonchev–Trinajstić information content (AvgIpc) is 2.75. The lowest BCUT2D eigenvalue weighted by Crippen LogP contribution is -2.42. The van der Waals surface area contributed by atoms with Crippen molar-refractivity contribution in [2.24, 2.45) is 0 Å². The molecule has 124 valence electrons. The Labute approximate surface area is 148 Å². The quantitative estimate of drug-likeness (QED) is 0.556. The Balaban J connectivity index is 1.92. The number of ketones is 1. The van der Waals surface area contributed by atoms with Crippen LogP contribution >= 0.6 is 27.5 Å². The van der Waals surface area contributed by atoms with E-state index in [0.717, 1.165) is 22.9 Å². The molecule has 2 aliphatic rings. The van der Waals surface area contributed by atoms with E-state index in [4.69, 9.17) is 21.1 Å². The fourth-order valence-electron chi connectivity index (χ4n) is 3.55. The number of methoxy groups -OCH3 is 1. The van der Waals surface area contributed by atoms with Crippen molar-refractivity contribution in [3.63, 3.8) is 0 Å². The van der Waals surface area contributed by atoms with Crippen LogP contribution < -0.4 is 0 Å². The minimum absolute atomic E-state index is 0.134. The number of hydrogen-bond donors (Lipinski definition) is 0. The van der Waals surface area contributed by atoms with Crippen LogP contribution in [0.2, 0.25) is 5.02 Å². The summed E-state index contributed by atoms with van der Waals surface area (Å²) in [6.07, 6.45) is 2.63. The highest BCUT2D eigenvalue weighted by atomic mass is 79.9. The molecule has 1 aliphatic carbocycles. The van der Waals surface area contributed by atoms with Crippen LogP contribution in [-0.2, 0) is 19.1 Å². The molecule has 1 aromatic carbocycles. The second kappa shape index (κ2) is 6.19. The second-order valence-electron chi connectivity index (χ2n) is 6.27. The second-order valence-corrected chi connectivity index (χ2v) is 7.53. The number of ether oxygens (including phenoxy) is 2. The monoisotopic (exact) mass is 400 g/mol. The summed E-state index contributed by atoms with van der Waals surface area (Å²) in [6, 6.07) is 3.51. The first-order valence-corrected chi connectivity index (χ1v) is 8.80. The maximum Gasteiger partial charge on any atom is 0.322 e. The predicted molar refractivity (Wildman–Crippen MR) is 89.7 cm³/mol. The molecule has 23 heavy (non-hydrogen) atoms. The highest BCUT2D eigenvalue weighted by Gasteiger charge is 2.56. The van der Waals surface area contributed by atoms with Gasteiger partial charge in [0.25, 0.3) is 0 Å². The van der Waals surface area contributed by atoms with Crippen LogP contribution in [0.4, 0.5) is 0 Å². The van der Waals surface area contributed by atoms with Crippen LogP contribution in [0, 0.1) is 6.92 Å². The molecule has 1 unspecified atom stereocenters. The standard InChI is InChI=1S/C17H18BrClO4/c1-9-7-12(18)13(19)8-11(9)14-15(20)17(23-16(14)21)5-3-10(22-2)4-6-17/h7-8,10,14H,3-6H2,1-2H3. The van der Waals surface area contributed by atoms with Crippen molar-refractivity contribution in [1.29, 1.82) is 0 Å². The summed E-state index contributed by atoms with van der Waals surface area (Å²) in [5.74, 6) is -1.48. The van der Waals surface area contributed by atoms with Crippen LogP contribution in [0.15, 0.2) is 16.6 Å². The van der Waals surface area contributed by atoms with Gasteiger partial charge in [0.2, 0.25) is 0 Å². The van der Waals surface area contributed by atoms with Gasteiger partial charge in [-0.3, -0.25) is 9.59 Å². The Kier molecular flexibility index (Phi) is 4.55. The summed E-state index contributed by atoms with van der Waals surface area (Å²) >= 11 is 9.50. The van der Waals surface area contributed by atoms with Gasteiger partial charge in [-0.2, -0.15) is 0 Å². The van der Waals surface area contributed by atoms with Crippen molar-refractivity contribution < 1.29 is 19.1 Å². The molecule has 0 aromatic heterocycles. The molecule has 1 aromatic rings. The summed E-state index contributed by atoms with van der Waals surface area (Å²) < 4.78 is 11.7. The molecule has 0 bridgehead atoms. The Morgan fingerprint density at radius 3 is 2.57 bits per heavy atom. The number of rotatable bonds is 2. The van der Waals surface area contributed by atoms with Gasteiger partial charge in [0.15, 0.2) is 11.4 Å². The Bertz CT molecular complexity index is 665. The first-order chi connectivity index (χ1) is 10.9. The van der Waals surface area contributed by atoms with Gasteiger partial charge in [0.1, 0.15) is 5.92 Å². The van der Waals surface area contributed by atoms with Gasteiger partial charge in [-0.25, -0.2) is 0 Å². The van der Waals surface area contributed by atoms with E-state index in [1.54, 1.807) is 13.2 Å². The molecule has 2 fully saturated rings. The number of aryl methyl sites for hydroxylation is 1. The van der Waals surface area contributed by atoms with Gasteiger partial charge >= 0.3 is 5.97 Å². The molecule has 3 rings (SSSR count). The van der Waals surface area contributed by atoms with Crippen molar-refractivity contribution in [1.82, 2.24) is 0 Å². The number of Topliss-reactive ketones (excluding diaryl/α,β-unsaturated/α-hetero) is 1. The van der Waals surface area contributed by atoms with E-state index < -0.39 is 17.5 Å². The lowest BCUT2D eigenvalue weighted by atomic mass is 9.76. The van der Waals surface area contributed by atoms with Crippen molar-refractivity contribution in [2.45, 2.75) is 50.2 Å². The SMILES string of the molecule is COC1CCC2(CC1)OC(=O)C(c1cc(Cl)c(Br)cc1C)C2=O. The maximum atomic E-state index is 13.0. The molecule has 1 saturated carbocycles. The van der Waals surface area contributed by atoms with Crippen LogP contribution in [0.1, 0.15) is 42.7 Å². The molecule has 1 aliphatic heterocycles. The summed E-state index contributed by atoms with van der Waals surface area (Å²) in [5.41, 5.74) is 0.501. The van der Waals surface area contributed by atoms with Gasteiger partial charge < -0.3 is 9.47 Å². The predicted octanol–water partition coefficient (Wildman–Crippen LogP) is 3.95. The van der Waals surface area contributed by atoms with E-state index in [0.29, 0.717) is 23.4 Å². The van der Waals surface area contributed by atoms with Crippen molar-refractivity contribution >= 4 is 39.3 Å². The Morgan fingerprint density at radius 1 is 1.30 bits per heavy atom. The van der Waals surface area contributed by atoms with Gasteiger partial charge in [0.05, 0.1) is 11.1 Å². The zero-order valence-electron chi connectivity index (χ0n) is 13.0. The maximum absolute atomic E-state index is 13.0. The Hall–Kier alpha value is -0.910. The highest BCUT2D eigenvalue weighted by Crippen LogP contribution is 2.45. The van der Waals surface area contributed by atoms with Gasteiger partial charge in [-0.1, -0.05) is 11.6 Å². The summed E-state index contributed by atoms with van der Waals surface area (Å²) in [6.45, 7) is 1.86. The molecule has 6 heteroatoms. The third-order valence-electron chi connectivity index (χ3n) is 4.94. The van der Waals surface area contributed by atoms with Crippen LogP contribution in [-0.4, -0.2) is 30.6 Å². The topological polar surface area (TPSA) is 52.6 Å². The van der Waals surface area contributed by atoms with E-state index in [9.17, 15) is 9.59 Å². The molecule has 0 N–H and O–H groups in total. The fourth-order valence-corrected chi connectivity index (χ4v) is 4.18. The molecule has 1 heterocycles. The molecule has 0 radical (unpaired) electrons. The molecular weight excluding hydrogens is 384 g/mol. The zero-order valence-corrected chi connectivity index (χ0v) is 15.4. The lowest BCUT2D eigenvalue weighted by molar-refractivity contribution is -0.157. The lowest BCUT2D eigenvalue weighted by Gasteiger charge is -2.33. The Morgan fingerprint density at radius 2 is 1.96 bits per heavy atom. The minimum atomic E-state index is -0.983. The summed E-state index contributed by atoms with van der Waals surface area (Å²) in [7, 11) is 1.67. The minimum Gasteiger partial charge on any atom is -0.450 e. The van der Waals surface area contributed by atoms with Crippen molar-refractivity contribution in [2.75, 3.05) is 7.11 Å². The molecule has 1 saturated heterocycles. The van der Waals surface area contributed by atoms with Crippen LogP contribution in [0.25, 0.3) is 0 Å². The largest absolute Gasteiger partial charge is 0.450 e. The summed E-state index contributed by atoms with van der Waals surface area (Å²) in [4.78, 5) is 25.4. The first kappa shape index (κ1) is 16.9.